The molecule has 0 saturated carbocycles. The Hall–Kier alpha value is -2.28. The molecule has 0 unspecified atom stereocenters. The third-order valence-electron chi connectivity index (χ3n) is 3.33. The highest BCUT2D eigenvalue weighted by Gasteiger charge is 2.25. The van der Waals surface area contributed by atoms with Gasteiger partial charge in [-0.1, -0.05) is 6.07 Å². The molecule has 3 aromatic heterocycles. The zero-order valence-corrected chi connectivity index (χ0v) is 13.2. The van der Waals surface area contributed by atoms with Gasteiger partial charge in [0.05, 0.1) is 11.5 Å². The number of rotatable bonds is 3. The standard InChI is InChI=1S/C15H14N2O4S/c1-4-20-14(18)9-11(22-3)10-13(21-15(9)19)16-12-8(2)6-5-7-17(10)12/h5-7H,4H2,1-3H3. The van der Waals surface area contributed by atoms with Gasteiger partial charge in [-0.2, -0.15) is 4.98 Å². The molecule has 22 heavy (non-hydrogen) atoms. The zero-order chi connectivity index (χ0) is 15.9. The van der Waals surface area contributed by atoms with Gasteiger partial charge in [-0.05, 0) is 31.7 Å². The van der Waals surface area contributed by atoms with E-state index in [1.54, 1.807) is 13.2 Å². The van der Waals surface area contributed by atoms with E-state index in [1.165, 1.54) is 11.8 Å². The molecule has 114 valence electrons. The highest BCUT2D eigenvalue weighted by atomic mass is 32.2. The molecule has 0 atom stereocenters. The third-order valence-corrected chi connectivity index (χ3v) is 4.14. The van der Waals surface area contributed by atoms with Gasteiger partial charge < -0.3 is 9.15 Å². The lowest BCUT2D eigenvalue weighted by molar-refractivity contribution is 0.0517. The molecule has 0 fully saturated rings. The summed E-state index contributed by atoms with van der Waals surface area (Å²) < 4.78 is 12.0. The highest BCUT2D eigenvalue weighted by molar-refractivity contribution is 7.98. The molecule has 0 aromatic carbocycles. The first-order valence-corrected chi connectivity index (χ1v) is 7.96. The molecule has 0 bridgehead atoms. The molecule has 0 radical (unpaired) electrons. The number of carbonyl (C=O) groups is 1. The molecule has 3 aromatic rings. The van der Waals surface area contributed by atoms with Crippen LogP contribution in [0.4, 0.5) is 0 Å². The fourth-order valence-electron chi connectivity index (χ4n) is 2.39. The molecule has 3 rings (SSSR count). The molecule has 6 nitrogen and oxygen atoms in total. The molecule has 0 aliphatic rings. The van der Waals surface area contributed by atoms with Gasteiger partial charge in [0.2, 0.25) is 0 Å². The normalized spacial score (nSPS) is 11.2. The fraction of sp³-hybridized carbons (Fsp3) is 0.267. The number of fused-ring (bicyclic) bond motifs is 3. The molecule has 0 amide bonds. The van der Waals surface area contributed by atoms with Crippen molar-refractivity contribution in [2.45, 2.75) is 18.7 Å². The van der Waals surface area contributed by atoms with E-state index in [0.29, 0.717) is 16.1 Å². The van der Waals surface area contributed by atoms with Gasteiger partial charge in [0, 0.05) is 6.20 Å². The summed E-state index contributed by atoms with van der Waals surface area (Å²) in [5.41, 5.74) is 1.66. The average molecular weight is 318 g/mol. The van der Waals surface area contributed by atoms with Crippen LogP contribution in [-0.2, 0) is 4.74 Å². The minimum atomic E-state index is -0.726. The summed E-state index contributed by atoms with van der Waals surface area (Å²) in [4.78, 5) is 29.1. The number of pyridine rings is 1. The lowest BCUT2D eigenvalue weighted by atomic mass is 10.2. The van der Waals surface area contributed by atoms with E-state index in [1.807, 2.05) is 29.7 Å². The Morgan fingerprint density at radius 3 is 2.95 bits per heavy atom. The Bertz CT molecular complexity index is 942. The van der Waals surface area contributed by atoms with Crippen molar-refractivity contribution >= 4 is 34.6 Å². The van der Waals surface area contributed by atoms with Gasteiger partial charge in [0.15, 0.2) is 5.56 Å². The first kappa shape index (κ1) is 14.6. The van der Waals surface area contributed by atoms with E-state index >= 15 is 0 Å². The van der Waals surface area contributed by atoms with E-state index < -0.39 is 11.6 Å². The van der Waals surface area contributed by atoms with Crippen molar-refractivity contribution in [3.05, 3.63) is 39.9 Å². The monoisotopic (exact) mass is 318 g/mol. The highest BCUT2D eigenvalue weighted by Crippen LogP contribution is 2.30. The molecule has 0 aliphatic carbocycles. The van der Waals surface area contributed by atoms with E-state index in [2.05, 4.69) is 4.98 Å². The van der Waals surface area contributed by atoms with Crippen LogP contribution < -0.4 is 5.63 Å². The van der Waals surface area contributed by atoms with E-state index in [-0.39, 0.29) is 17.9 Å². The molecule has 0 saturated heterocycles. The van der Waals surface area contributed by atoms with E-state index in [9.17, 15) is 9.59 Å². The Morgan fingerprint density at radius 2 is 2.27 bits per heavy atom. The van der Waals surface area contributed by atoms with Crippen LogP contribution in [0.1, 0.15) is 22.8 Å². The summed E-state index contributed by atoms with van der Waals surface area (Å²) in [6.45, 7) is 3.80. The first-order chi connectivity index (χ1) is 10.6. The number of carbonyl (C=O) groups excluding carboxylic acids is 1. The summed E-state index contributed by atoms with van der Waals surface area (Å²) in [7, 11) is 0. The number of nitrogens with zero attached hydrogens (tertiary/aromatic N) is 2. The lowest BCUT2D eigenvalue weighted by Gasteiger charge is -2.06. The Labute approximate surface area is 130 Å². The van der Waals surface area contributed by atoms with Crippen LogP contribution in [0.25, 0.3) is 16.9 Å². The smallest absolute Gasteiger partial charge is 0.353 e. The number of aromatic nitrogens is 2. The third kappa shape index (κ3) is 2.09. The second kappa shape index (κ2) is 5.49. The van der Waals surface area contributed by atoms with Gasteiger partial charge >= 0.3 is 11.6 Å². The largest absolute Gasteiger partial charge is 0.462 e. The topological polar surface area (TPSA) is 73.8 Å². The van der Waals surface area contributed by atoms with Gasteiger partial charge in [0.25, 0.3) is 5.71 Å². The van der Waals surface area contributed by atoms with Crippen molar-refractivity contribution in [2.75, 3.05) is 12.9 Å². The summed E-state index contributed by atoms with van der Waals surface area (Å²) in [5.74, 6) is -0.676. The van der Waals surface area contributed by atoms with Gasteiger partial charge in [-0.15, -0.1) is 11.8 Å². The maximum atomic E-state index is 12.2. The van der Waals surface area contributed by atoms with Gasteiger partial charge in [-0.3, -0.25) is 4.40 Å². The molecular weight excluding hydrogens is 304 g/mol. The number of thioether (sulfide) groups is 1. The van der Waals surface area contributed by atoms with Crippen LogP contribution in [0.2, 0.25) is 0 Å². The maximum absolute atomic E-state index is 12.2. The number of hydrogen-bond acceptors (Lipinski definition) is 6. The van der Waals surface area contributed by atoms with E-state index in [0.717, 1.165) is 5.56 Å². The predicted octanol–water partition coefficient (Wildman–Crippen LogP) is 2.65. The molecular formula is C15H14N2O4S. The van der Waals surface area contributed by atoms with Crippen LogP contribution in [0.5, 0.6) is 0 Å². The zero-order valence-electron chi connectivity index (χ0n) is 12.4. The van der Waals surface area contributed by atoms with Crippen molar-refractivity contribution in [3.63, 3.8) is 0 Å². The Kier molecular flexibility index (Phi) is 3.66. The lowest BCUT2D eigenvalue weighted by Crippen LogP contribution is -2.18. The maximum Gasteiger partial charge on any atom is 0.353 e. The van der Waals surface area contributed by atoms with Crippen LogP contribution >= 0.6 is 11.8 Å². The Balaban J connectivity index is 2.46. The molecule has 3 heterocycles. The van der Waals surface area contributed by atoms with Gasteiger partial charge in [0.1, 0.15) is 11.2 Å². The van der Waals surface area contributed by atoms with Gasteiger partial charge in [-0.25, -0.2) is 9.59 Å². The minimum absolute atomic E-state index is 0.0786. The fourth-order valence-corrected chi connectivity index (χ4v) is 3.14. The molecule has 0 aliphatic heterocycles. The Morgan fingerprint density at radius 1 is 1.50 bits per heavy atom. The van der Waals surface area contributed by atoms with Crippen molar-refractivity contribution in [1.29, 1.82) is 0 Å². The summed E-state index contributed by atoms with van der Waals surface area (Å²) >= 11 is 1.30. The summed E-state index contributed by atoms with van der Waals surface area (Å²) in [6, 6.07) is 3.80. The van der Waals surface area contributed by atoms with Crippen LogP contribution in [-0.4, -0.2) is 28.2 Å². The molecule has 7 heteroatoms. The van der Waals surface area contributed by atoms with E-state index in [4.69, 9.17) is 9.15 Å². The predicted molar refractivity (Wildman–Crippen MR) is 83.7 cm³/mol. The quantitative estimate of drug-likeness (QED) is 0.546. The average Bonchev–Trinajstić information content (AvgIpc) is 2.85. The second-order valence-electron chi connectivity index (χ2n) is 4.67. The molecule has 0 spiro atoms. The van der Waals surface area contributed by atoms with Crippen LogP contribution in [0.3, 0.4) is 0 Å². The molecule has 0 N–H and O–H groups in total. The minimum Gasteiger partial charge on any atom is -0.462 e. The summed E-state index contributed by atoms with van der Waals surface area (Å²) in [5, 5.41) is 0. The van der Waals surface area contributed by atoms with Crippen molar-refractivity contribution in [1.82, 2.24) is 9.38 Å². The number of esters is 1. The number of imidazole rings is 1. The SMILES string of the molecule is CCOC(=O)c1c(SC)c2c(nc3c(C)cccn32)oc1=O. The first-order valence-electron chi connectivity index (χ1n) is 6.74. The summed E-state index contributed by atoms with van der Waals surface area (Å²) in [6.07, 6.45) is 3.62. The van der Waals surface area contributed by atoms with Crippen LogP contribution in [0, 0.1) is 6.92 Å². The van der Waals surface area contributed by atoms with Crippen LogP contribution in [0.15, 0.2) is 32.4 Å². The second-order valence-corrected chi connectivity index (χ2v) is 5.49. The van der Waals surface area contributed by atoms with Crippen molar-refractivity contribution in [2.24, 2.45) is 0 Å². The van der Waals surface area contributed by atoms with Crippen molar-refractivity contribution in [3.8, 4) is 0 Å². The number of hydrogen-bond donors (Lipinski definition) is 0. The van der Waals surface area contributed by atoms with Crippen molar-refractivity contribution < 1.29 is 13.9 Å². The number of ether oxygens (including phenoxy) is 1. The number of aryl methyl sites for hydroxylation is 1.